The smallest absolute Gasteiger partial charge is 0.163 e. The van der Waals surface area contributed by atoms with E-state index in [1.54, 1.807) is 18.2 Å². The van der Waals surface area contributed by atoms with Gasteiger partial charge in [0.2, 0.25) is 0 Å². The molecule has 0 aliphatic rings. The molecule has 0 saturated carbocycles. The van der Waals surface area contributed by atoms with E-state index in [0.717, 1.165) is 5.56 Å². The van der Waals surface area contributed by atoms with Gasteiger partial charge in [0.1, 0.15) is 11.6 Å². The highest BCUT2D eigenvalue weighted by molar-refractivity contribution is 5.96. The maximum absolute atomic E-state index is 12.9. The first-order valence-electron chi connectivity index (χ1n) is 6.27. The van der Waals surface area contributed by atoms with Crippen LogP contribution in [0.15, 0.2) is 61.2 Å². The van der Waals surface area contributed by atoms with Crippen LogP contribution >= 0.6 is 0 Å². The zero-order valence-corrected chi connectivity index (χ0v) is 10.9. The minimum absolute atomic E-state index is 0.0979. The Morgan fingerprint density at radius 1 is 1.00 bits per heavy atom. The molecule has 2 aromatic carbocycles. The van der Waals surface area contributed by atoms with E-state index in [4.69, 9.17) is 0 Å². The highest BCUT2D eigenvalue weighted by Gasteiger charge is 2.14. The van der Waals surface area contributed by atoms with Crippen LogP contribution in [0.1, 0.15) is 28.3 Å². The molecule has 0 aliphatic heterocycles. The summed E-state index contributed by atoms with van der Waals surface area (Å²) in [6.45, 7) is 3.71. The second-order valence-corrected chi connectivity index (χ2v) is 4.53. The first-order chi connectivity index (χ1) is 9.60. The van der Waals surface area contributed by atoms with Crippen LogP contribution in [0.25, 0.3) is 0 Å². The summed E-state index contributed by atoms with van der Waals surface area (Å²) in [5, 5.41) is 0. The Kier molecular flexibility index (Phi) is 4.41. The molecule has 0 radical (unpaired) electrons. The molecule has 1 atom stereocenters. The van der Waals surface area contributed by atoms with Crippen LogP contribution in [-0.2, 0) is 0 Å². The van der Waals surface area contributed by atoms with E-state index in [1.807, 2.05) is 0 Å². The lowest BCUT2D eigenvalue weighted by Crippen LogP contribution is -2.06. The monoisotopic (exact) mass is 272 g/mol. The summed E-state index contributed by atoms with van der Waals surface area (Å²) in [4.78, 5) is 12.1. The van der Waals surface area contributed by atoms with Crippen LogP contribution in [0.3, 0.4) is 0 Å². The van der Waals surface area contributed by atoms with Gasteiger partial charge in [-0.25, -0.2) is 8.78 Å². The Hall–Kier alpha value is -2.29. The lowest BCUT2D eigenvalue weighted by molar-refractivity contribution is 0.0978. The van der Waals surface area contributed by atoms with Crippen molar-refractivity contribution < 1.29 is 13.6 Å². The fourth-order valence-electron chi connectivity index (χ4n) is 2.00. The first-order valence-corrected chi connectivity index (χ1v) is 6.27. The summed E-state index contributed by atoms with van der Waals surface area (Å²) in [6.07, 6.45) is 1.88. The molecule has 0 N–H and O–H groups in total. The van der Waals surface area contributed by atoms with Gasteiger partial charge in [0.15, 0.2) is 5.78 Å². The van der Waals surface area contributed by atoms with E-state index in [0.29, 0.717) is 5.56 Å². The summed E-state index contributed by atoms with van der Waals surface area (Å²) >= 11 is 0. The molecule has 2 aromatic rings. The molecular weight excluding hydrogens is 258 g/mol. The zero-order valence-electron chi connectivity index (χ0n) is 10.9. The Balaban J connectivity index is 2.13. The number of ketones is 1. The molecule has 0 heterocycles. The molecule has 0 aliphatic carbocycles. The van der Waals surface area contributed by atoms with Crippen molar-refractivity contribution in [3.63, 3.8) is 0 Å². The molecule has 0 saturated heterocycles. The first kappa shape index (κ1) is 14.1. The number of rotatable bonds is 5. The molecule has 0 aromatic heterocycles. The number of hydrogen-bond acceptors (Lipinski definition) is 1. The number of carbonyl (C=O) groups excluding carboxylic acids is 1. The third kappa shape index (κ3) is 3.38. The Bertz CT molecular complexity index is 600. The summed E-state index contributed by atoms with van der Waals surface area (Å²) in [6, 6.07) is 11.4. The van der Waals surface area contributed by atoms with Crippen molar-refractivity contribution in [1.29, 1.82) is 0 Å². The molecule has 0 fully saturated rings. The van der Waals surface area contributed by atoms with Gasteiger partial charge >= 0.3 is 0 Å². The third-order valence-corrected chi connectivity index (χ3v) is 3.15. The fourth-order valence-corrected chi connectivity index (χ4v) is 2.00. The molecule has 102 valence electrons. The van der Waals surface area contributed by atoms with Crippen molar-refractivity contribution in [3.8, 4) is 0 Å². The lowest BCUT2D eigenvalue weighted by atomic mass is 9.92. The maximum Gasteiger partial charge on any atom is 0.163 e. The van der Waals surface area contributed by atoms with Crippen molar-refractivity contribution in [2.45, 2.75) is 12.3 Å². The minimum atomic E-state index is -0.375. The highest BCUT2D eigenvalue weighted by Crippen LogP contribution is 2.23. The van der Waals surface area contributed by atoms with Gasteiger partial charge in [-0.3, -0.25) is 4.79 Å². The molecular formula is C17H14F2O. The number of Topliss-reactive ketones (excluding diaryl/α,β-unsaturated/α-hetero) is 1. The summed E-state index contributed by atoms with van der Waals surface area (Å²) in [7, 11) is 0. The van der Waals surface area contributed by atoms with E-state index in [2.05, 4.69) is 6.58 Å². The molecule has 1 nitrogen and oxygen atoms in total. The zero-order chi connectivity index (χ0) is 14.5. The van der Waals surface area contributed by atoms with E-state index in [-0.39, 0.29) is 29.8 Å². The van der Waals surface area contributed by atoms with E-state index in [1.165, 1.54) is 36.4 Å². The number of hydrogen-bond donors (Lipinski definition) is 0. The van der Waals surface area contributed by atoms with Gasteiger partial charge in [-0.15, -0.1) is 6.58 Å². The minimum Gasteiger partial charge on any atom is -0.294 e. The van der Waals surface area contributed by atoms with Crippen LogP contribution < -0.4 is 0 Å². The topological polar surface area (TPSA) is 17.1 Å². The molecule has 20 heavy (non-hydrogen) atoms. The van der Waals surface area contributed by atoms with Crippen molar-refractivity contribution in [1.82, 2.24) is 0 Å². The molecule has 0 spiro atoms. The summed E-state index contributed by atoms with van der Waals surface area (Å²) in [5.74, 6) is -0.978. The second-order valence-electron chi connectivity index (χ2n) is 4.53. The largest absolute Gasteiger partial charge is 0.294 e. The summed E-state index contributed by atoms with van der Waals surface area (Å²) < 4.78 is 25.7. The van der Waals surface area contributed by atoms with Gasteiger partial charge in [0.25, 0.3) is 0 Å². The number of allylic oxidation sites excluding steroid dienone is 1. The summed E-state index contributed by atoms with van der Waals surface area (Å²) in [5.41, 5.74) is 1.29. The van der Waals surface area contributed by atoms with Crippen molar-refractivity contribution in [2.24, 2.45) is 0 Å². The second kappa shape index (κ2) is 6.24. The van der Waals surface area contributed by atoms with Gasteiger partial charge in [-0.1, -0.05) is 18.2 Å². The van der Waals surface area contributed by atoms with Crippen molar-refractivity contribution >= 4 is 5.78 Å². The van der Waals surface area contributed by atoms with Crippen LogP contribution in [-0.4, -0.2) is 5.78 Å². The normalized spacial score (nSPS) is 11.9. The number of benzene rings is 2. The molecule has 3 heteroatoms. The number of halogens is 2. The van der Waals surface area contributed by atoms with Gasteiger partial charge < -0.3 is 0 Å². The molecule has 2 rings (SSSR count). The molecule has 0 amide bonds. The number of carbonyl (C=O) groups is 1. The van der Waals surface area contributed by atoms with Gasteiger partial charge in [-0.2, -0.15) is 0 Å². The Morgan fingerprint density at radius 2 is 1.50 bits per heavy atom. The molecule has 0 bridgehead atoms. The van der Waals surface area contributed by atoms with Crippen LogP contribution in [0.4, 0.5) is 8.78 Å². The van der Waals surface area contributed by atoms with E-state index < -0.39 is 0 Å². The predicted octanol–water partition coefficient (Wildman–Crippen LogP) is 4.51. The quantitative estimate of drug-likeness (QED) is 0.578. The van der Waals surface area contributed by atoms with Gasteiger partial charge in [0, 0.05) is 17.9 Å². The molecule has 1 unspecified atom stereocenters. The SMILES string of the molecule is C=CC(CC(=O)c1ccc(F)cc1)c1ccc(F)cc1. The van der Waals surface area contributed by atoms with Gasteiger partial charge in [0.05, 0.1) is 0 Å². The van der Waals surface area contributed by atoms with Crippen LogP contribution in [0.2, 0.25) is 0 Å². The van der Waals surface area contributed by atoms with Gasteiger partial charge in [-0.05, 0) is 42.0 Å². The average molecular weight is 272 g/mol. The fraction of sp³-hybridized carbons (Fsp3) is 0.118. The Labute approximate surface area is 116 Å². The standard InChI is InChI=1S/C17H14F2O/c1-2-12(13-3-7-15(18)8-4-13)11-17(20)14-5-9-16(19)10-6-14/h2-10,12H,1,11H2. The predicted molar refractivity (Wildman–Crippen MR) is 74.7 cm³/mol. The van der Waals surface area contributed by atoms with E-state index in [9.17, 15) is 13.6 Å². The van der Waals surface area contributed by atoms with Crippen LogP contribution in [0, 0.1) is 11.6 Å². The van der Waals surface area contributed by atoms with E-state index >= 15 is 0 Å². The maximum atomic E-state index is 12.9. The average Bonchev–Trinajstić information content (AvgIpc) is 2.46. The van der Waals surface area contributed by atoms with Crippen molar-refractivity contribution in [3.05, 3.63) is 83.9 Å². The lowest BCUT2D eigenvalue weighted by Gasteiger charge is -2.12. The third-order valence-electron chi connectivity index (χ3n) is 3.15. The Morgan fingerprint density at radius 3 is 2.00 bits per heavy atom. The highest BCUT2D eigenvalue weighted by atomic mass is 19.1. The van der Waals surface area contributed by atoms with Crippen molar-refractivity contribution in [2.75, 3.05) is 0 Å². The van der Waals surface area contributed by atoms with Crippen LogP contribution in [0.5, 0.6) is 0 Å².